The van der Waals surface area contributed by atoms with Crippen LogP contribution in [0.25, 0.3) is 99.3 Å². The summed E-state index contributed by atoms with van der Waals surface area (Å²) in [6.07, 6.45) is 7.46. The Morgan fingerprint density at radius 1 is 0.490 bits per heavy atom. The van der Waals surface area contributed by atoms with Gasteiger partial charge in [-0.2, -0.15) is 0 Å². The second-order valence-corrected chi connectivity index (χ2v) is 13.2. The van der Waals surface area contributed by atoms with Gasteiger partial charge in [-0.25, -0.2) is 4.98 Å². The van der Waals surface area contributed by atoms with Crippen molar-refractivity contribution in [1.82, 2.24) is 19.9 Å². The summed E-state index contributed by atoms with van der Waals surface area (Å²) >= 11 is 0. The number of furan rings is 1. The molecule has 0 saturated heterocycles. The summed E-state index contributed by atoms with van der Waals surface area (Å²) in [5.41, 5.74) is 14.0. The van der Waals surface area contributed by atoms with Crippen LogP contribution < -0.4 is 0 Å². The third-order valence-corrected chi connectivity index (χ3v) is 10.1. The van der Waals surface area contributed by atoms with Crippen LogP contribution in [0.2, 0.25) is 0 Å². The van der Waals surface area contributed by atoms with Gasteiger partial charge in [0.15, 0.2) is 0 Å². The van der Waals surface area contributed by atoms with E-state index >= 15 is 0 Å². The van der Waals surface area contributed by atoms with E-state index in [1.165, 1.54) is 11.1 Å². The van der Waals surface area contributed by atoms with E-state index in [0.29, 0.717) is 0 Å². The van der Waals surface area contributed by atoms with Crippen molar-refractivity contribution in [3.63, 3.8) is 0 Å². The van der Waals surface area contributed by atoms with Crippen molar-refractivity contribution < 1.29 is 4.42 Å². The lowest BCUT2D eigenvalue weighted by Gasteiger charge is -2.13. The minimum Gasteiger partial charge on any atom is -0.455 e. The van der Waals surface area contributed by atoms with Gasteiger partial charge >= 0.3 is 0 Å². The first kappa shape index (κ1) is 29.2. The average Bonchev–Trinajstić information content (AvgIpc) is 3.59. The van der Waals surface area contributed by atoms with E-state index < -0.39 is 0 Å². The maximum atomic E-state index is 6.76. The molecule has 51 heavy (non-hydrogen) atoms. The molecule has 0 saturated carbocycles. The number of rotatable bonds is 4. The number of aryl methyl sites for hydroxylation is 2. The Balaban J connectivity index is 1.19. The monoisotopic (exact) mass is 654 g/mol. The van der Waals surface area contributed by atoms with Crippen LogP contribution in [-0.4, -0.2) is 19.9 Å². The van der Waals surface area contributed by atoms with Crippen molar-refractivity contribution in [2.75, 3.05) is 0 Å². The van der Waals surface area contributed by atoms with Gasteiger partial charge in [0, 0.05) is 68.4 Å². The lowest BCUT2D eigenvalue weighted by molar-refractivity contribution is 0.663. The highest BCUT2D eigenvalue weighted by Crippen LogP contribution is 2.42. The molecule has 5 heterocycles. The molecule has 0 amide bonds. The van der Waals surface area contributed by atoms with Crippen molar-refractivity contribution in [1.29, 1.82) is 0 Å². The maximum Gasteiger partial charge on any atom is 0.138 e. The molecule has 0 radical (unpaired) electrons. The Hall–Kier alpha value is -6.72. The van der Waals surface area contributed by atoms with Gasteiger partial charge in [0.25, 0.3) is 0 Å². The molecule has 0 aliphatic carbocycles. The van der Waals surface area contributed by atoms with Crippen LogP contribution in [-0.2, 0) is 0 Å². The summed E-state index contributed by atoms with van der Waals surface area (Å²) in [7, 11) is 0. The summed E-state index contributed by atoms with van der Waals surface area (Å²) in [5, 5.41) is 6.57. The molecule has 0 aliphatic rings. The van der Waals surface area contributed by atoms with E-state index in [9.17, 15) is 0 Å². The van der Waals surface area contributed by atoms with Gasteiger partial charge in [0.05, 0.1) is 22.4 Å². The van der Waals surface area contributed by atoms with E-state index in [1.54, 1.807) is 0 Å². The van der Waals surface area contributed by atoms with Crippen molar-refractivity contribution in [2.24, 2.45) is 0 Å². The number of aromatic nitrogens is 4. The molecule has 5 aromatic heterocycles. The molecule has 5 heteroatoms. The van der Waals surface area contributed by atoms with Gasteiger partial charge < -0.3 is 4.42 Å². The first-order chi connectivity index (χ1) is 25.1. The van der Waals surface area contributed by atoms with Crippen molar-refractivity contribution in [3.05, 3.63) is 157 Å². The Morgan fingerprint density at radius 2 is 1.27 bits per heavy atom. The molecule has 5 aromatic carbocycles. The van der Waals surface area contributed by atoms with Crippen LogP contribution in [0, 0.1) is 13.8 Å². The van der Waals surface area contributed by atoms with Crippen molar-refractivity contribution in [2.45, 2.75) is 13.8 Å². The summed E-state index contributed by atoms with van der Waals surface area (Å²) in [5.74, 6) is 0. The predicted octanol–water partition coefficient (Wildman–Crippen LogP) is 11.9. The first-order valence-electron chi connectivity index (χ1n) is 17.1. The summed E-state index contributed by atoms with van der Waals surface area (Å²) in [6, 6.07) is 42.6. The molecule has 0 bridgehead atoms. The van der Waals surface area contributed by atoms with Crippen LogP contribution in [0.1, 0.15) is 11.1 Å². The average molecular weight is 655 g/mol. The molecular weight excluding hydrogens is 625 g/mol. The molecule has 0 aliphatic heterocycles. The normalized spacial score (nSPS) is 11.7. The van der Waals surface area contributed by atoms with Crippen LogP contribution in [0.3, 0.4) is 0 Å². The fourth-order valence-corrected chi connectivity index (χ4v) is 7.48. The number of benzene rings is 5. The molecule has 0 spiro atoms. The minimum absolute atomic E-state index is 0.843. The third kappa shape index (κ3) is 4.77. The van der Waals surface area contributed by atoms with Crippen LogP contribution in [0.15, 0.2) is 151 Å². The Bertz CT molecular complexity index is 3000. The van der Waals surface area contributed by atoms with E-state index in [0.717, 1.165) is 99.3 Å². The van der Waals surface area contributed by atoms with Gasteiger partial charge in [-0.15, -0.1) is 0 Å². The van der Waals surface area contributed by atoms with Crippen LogP contribution >= 0.6 is 0 Å². The highest BCUT2D eigenvalue weighted by Gasteiger charge is 2.19. The quantitative estimate of drug-likeness (QED) is 0.177. The fourth-order valence-electron chi connectivity index (χ4n) is 7.48. The highest BCUT2D eigenvalue weighted by molar-refractivity contribution is 6.15. The van der Waals surface area contributed by atoms with Gasteiger partial charge in [0.1, 0.15) is 11.2 Å². The minimum atomic E-state index is 0.843. The molecule has 0 fully saturated rings. The number of hydrogen-bond acceptors (Lipinski definition) is 5. The molecular formula is C46H30N4O. The smallest absolute Gasteiger partial charge is 0.138 e. The predicted molar refractivity (Wildman–Crippen MR) is 209 cm³/mol. The van der Waals surface area contributed by atoms with Crippen molar-refractivity contribution >= 4 is 54.5 Å². The third-order valence-electron chi connectivity index (χ3n) is 10.1. The van der Waals surface area contributed by atoms with Crippen LogP contribution in [0.5, 0.6) is 0 Å². The zero-order valence-electron chi connectivity index (χ0n) is 28.1. The Kier molecular flexibility index (Phi) is 6.55. The van der Waals surface area contributed by atoms with E-state index in [4.69, 9.17) is 14.4 Å². The van der Waals surface area contributed by atoms with Gasteiger partial charge in [-0.1, -0.05) is 78.9 Å². The lowest BCUT2D eigenvalue weighted by atomic mass is 9.93. The van der Waals surface area contributed by atoms with Crippen LogP contribution in [0.4, 0.5) is 0 Å². The number of fused-ring (bicyclic) bond motifs is 7. The molecule has 5 nitrogen and oxygen atoms in total. The lowest BCUT2D eigenvalue weighted by Crippen LogP contribution is -1.94. The zero-order chi connectivity index (χ0) is 34.1. The number of hydrogen-bond donors (Lipinski definition) is 0. The second-order valence-electron chi connectivity index (χ2n) is 13.2. The first-order valence-corrected chi connectivity index (χ1v) is 17.1. The largest absolute Gasteiger partial charge is 0.455 e. The fraction of sp³-hybridized carbons (Fsp3) is 0.0435. The summed E-state index contributed by atoms with van der Waals surface area (Å²) in [6.45, 7) is 4.28. The molecule has 10 aromatic rings. The molecule has 0 atom stereocenters. The number of nitrogens with zero attached hydrogens (tertiary/aromatic N) is 4. The Labute approximate surface area is 293 Å². The zero-order valence-corrected chi connectivity index (χ0v) is 28.1. The van der Waals surface area contributed by atoms with Gasteiger partial charge in [-0.3, -0.25) is 15.0 Å². The Morgan fingerprint density at radius 3 is 2.18 bits per heavy atom. The van der Waals surface area contributed by atoms with E-state index in [1.807, 2.05) is 36.9 Å². The van der Waals surface area contributed by atoms with E-state index in [2.05, 4.69) is 133 Å². The van der Waals surface area contributed by atoms with E-state index in [-0.39, 0.29) is 0 Å². The molecule has 240 valence electrons. The maximum absolute atomic E-state index is 6.76. The van der Waals surface area contributed by atoms with Crippen molar-refractivity contribution in [3.8, 4) is 44.8 Å². The second kappa shape index (κ2) is 11.4. The highest BCUT2D eigenvalue weighted by atomic mass is 16.3. The molecule has 0 unspecified atom stereocenters. The number of pyridine rings is 4. The summed E-state index contributed by atoms with van der Waals surface area (Å²) in [4.78, 5) is 19.2. The standard InChI is InChI=1S/C46H30N4O/c1-27-10-15-38(30-7-4-3-5-8-30)42-39-17-16-37(28(2)46(39)51-45(27)42)34-23-40(32-13-11-29-18-20-47-25-35(29)21-32)50-41(24-34)36-22-33-14-12-31-9-6-19-48-43(31)44(33)49-26-36/h3-26H,1-2H3. The van der Waals surface area contributed by atoms with Gasteiger partial charge in [0.2, 0.25) is 0 Å². The summed E-state index contributed by atoms with van der Waals surface area (Å²) < 4.78 is 6.76. The van der Waals surface area contributed by atoms with Gasteiger partial charge in [-0.05, 0) is 89.5 Å². The topological polar surface area (TPSA) is 64.7 Å². The SMILES string of the molecule is Cc1c(-c2cc(-c3ccc4ccncc4c3)nc(-c3cnc4c(ccc5cccnc54)c3)c2)ccc2c1oc1c(C)ccc(-c3ccccc3)c12. The molecule has 0 N–H and O–H groups in total. The molecule has 10 rings (SSSR count).